The van der Waals surface area contributed by atoms with Gasteiger partial charge in [-0.05, 0) is 65.8 Å². The Labute approximate surface area is 211 Å². The summed E-state index contributed by atoms with van der Waals surface area (Å²) in [6.45, 7) is 2.49. The molecule has 0 aromatic heterocycles. The highest BCUT2D eigenvalue weighted by atomic mass is 32.2. The minimum absolute atomic E-state index is 0.126. The lowest BCUT2D eigenvalue weighted by Gasteiger charge is -2.27. The van der Waals surface area contributed by atoms with Crippen LogP contribution in [0, 0.1) is 0 Å². The third-order valence-electron chi connectivity index (χ3n) is 6.24. The molecule has 0 spiro atoms. The molecule has 9 heteroatoms. The van der Waals surface area contributed by atoms with Crippen molar-refractivity contribution in [2.45, 2.75) is 25.3 Å². The first-order valence-corrected chi connectivity index (χ1v) is 13.3. The number of carbonyl (C=O) groups excluding carboxylic acids is 1. The van der Waals surface area contributed by atoms with Crippen molar-refractivity contribution in [3.8, 4) is 16.9 Å². The molecule has 1 amide bonds. The SMILES string of the molecule is CCOc1cccc(-c2cccc(C3(c4ccc(CCCS(=O)(=O)O)cc4)N=C(N)N(C)C3=O)c2)c1. The third kappa shape index (κ3) is 5.12. The summed E-state index contributed by atoms with van der Waals surface area (Å²) >= 11 is 0. The topological polar surface area (TPSA) is 122 Å². The van der Waals surface area contributed by atoms with Crippen LogP contribution >= 0.6 is 0 Å². The van der Waals surface area contributed by atoms with Crippen LogP contribution in [0.3, 0.4) is 0 Å². The van der Waals surface area contributed by atoms with Gasteiger partial charge in [0, 0.05) is 7.05 Å². The molecule has 36 heavy (non-hydrogen) atoms. The van der Waals surface area contributed by atoms with Crippen molar-refractivity contribution in [3.63, 3.8) is 0 Å². The van der Waals surface area contributed by atoms with Crippen LogP contribution in [0.1, 0.15) is 30.0 Å². The number of hydrogen-bond donors (Lipinski definition) is 2. The highest BCUT2D eigenvalue weighted by molar-refractivity contribution is 7.85. The number of aliphatic imine (C=N–C) groups is 1. The Hall–Kier alpha value is -3.69. The molecule has 8 nitrogen and oxygen atoms in total. The van der Waals surface area contributed by atoms with Crippen LogP contribution in [0.2, 0.25) is 0 Å². The zero-order chi connectivity index (χ0) is 25.9. The minimum Gasteiger partial charge on any atom is -0.494 e. The van der Waals surface area contributed by atoms with E-state index in [2.05, 4.69) is 4.99 Å². The van der Waals surface area contributed by atoms with E-state index in [1.54, 1.807) is 7.05 Å². The van der Waals surface area contributed by atoms with Gasteiger partial charge in [-0.15, -0.1) is 0 Å². The second kappa shape index (κ2) is 10.1. The van der Waals surface area contributed by atoms with Gasteiger partial charge in [0.05, 0.1) is 12.4 Å². The van der Waals surface area contributed by atoms with Crippen LogP contribution in [0.4, 0.5) is 0 Å². The Balaban J connectivity index is 1.74. The number of nitrogens with two attached hydrogens (primary N) is 1. The van der Waals surface area contributed by atoms with Gasteiger partial charge in [0.2, 0.25) is 0 Å². The summed E-state index contributed by atoms with van der Waals surface area (Å²) in [5.41, 5.74) is 8.84. The van der Waals surface area contributed by atoms with Crippen molar-refractivity contribution < 1.29 is 22.5 Å². The summed E-state index contributed by atoms with van der Waals surface area (Å²) in [6, 6.07) is 22.7. The number of carbonyl (C=O) groups is 1. The molecule has 0 saturated carbocycles. The zero-order valence-electron chi connectivity index (χ0n) is 20.2. The molecule has 0 bridgehead atoms. The molecule has 0 aliphatic carbocycles. The van der Waals surface area contributed by atoms with Gasteiger partial charge in [0.15, 0.2) is 11.5 Å². The van der Waals surface area contributed by atoms with E-state index in [9.17, 15) is 13.2 Å². The lowest BCUT2D eigenvalue weighted by molar-refractivity contribution is -0.129. The molecule has 3 aromatic carbocycles. The highest BCUT2D eigenvalue weighted by Crippen LogP contribution is 2.40. The minimum atomic E-state index is -4.00. The van der Waals surface area contributed by atoms with Crippen LogP contribution in [-0.2, 0) is 26.9 Å². The van der Waals surface area contributed by atoms with E-state index < -0.39 is 15.7 Å². The Kier molecular flexibility index (Phi) is 7.14. The molecule has 3 aromatic rings. The van der Waals surface area contributed by atoms with E-state index in [-0.39, 0.29) is 17.6 Å². The molecule has 0 fully saturated rings. The number of nitrogens with zero attached hydrogens (tertiary/aromatic N) is 2. The average molecular weight is 508 g/mol. The molecule has 0 radical (unpaired) electrons. The summed E-state index contributed by atoms with van der Waals surface area (Å²) in [6.07, 6.45) is 0.761. The molecule has 4 rings (SSSR count). The fraction of sp³-hybridized carbons (Fsp3) is 0.259. The quantitative estimate of drug-likeness (QED) is 0.427. The van der Waals surface area contributed by atoms with E-state index in [4.69, 9.17) is 15.0 Å². The van der Waals surface area contributed by atoms with Gasteiger partial charge < -0.3 is 10.5 Å². The molecule has 3 N–H and O–H groups in total. The van der Waals surface area contributed by atoms with Crippen molar-refractivity contribution >= 4 is 22.0 Å². The van der Waals surface area contributed by atoms with E-state index in [1.807, 2.05) is 79.7 Å². The molecule has 1 heterocycles. The fourth-order valence-corrected chi connectivity index (χ4v) is 4.92. The van der Waals surface area contributed by atoms with Gasteiger partial charge in [-0.25, -0.2) is 4.99 Å². The van der Waals surface area contributed by atoms with Crippen LogP contribution in [0.15, 0.2) is 77.8 Å². The lowest BCUT2D eigenvalue weighted by atomic mass is 9.81. The summed E-state index contributed by atoms with van der Waals surface area (Å²) in [4.78, 5) is 19.6. The summed E-state index contributed by atoms with van der Waals surface area (Å²) in [5, 5.41) is 0. The van der Waals surface area contributed by atoms with Crippen LogP contribution in [-0.4, -0.2) is 49.1 Å². The van der Waals surface area contributed by atoms with Crippen molar-refractivity contribution in [2.24, 2.45) is 10.7 Å². The van der Waals surface area contributed by atoms with Crippen molar-refractivity contribution in [2.75, 3.05) is 19.4 Å². The standard InChI is InChI=1S/C27H29N3O5S/c1-3-35-24-11-5-9-21(18-24)20-8-4-10-23(17-20)27(25(31)30(2)26(28)29-27)22-14-12-19(13-15-22)7-6-16-36(32,33)34/h4-5,8-15,17-18H,3,6-7,16H2,1-2H3,(H2,28,29)(H,32,33,34). The highest BCUT2D eigenvalue weighted by Gasteiger charge is 2.49. The number of likely N-dealkylation sites (N-methyl/N-ethyl adjacent to an activating group) is 1. The van der Waals surface area contributed by atoms with Crippen LogP contribution in [0.5, 0.6) is 5.75 Å². The Morgan fingerprint density at radius 3 is 2.28 bits per heavy atom. The number of ether oxygens (including phenoxy) is 1. The number of amides is 1. The molecule has 1 aliphatic heterocycles. The van der Waals surface area contributed by atoms with Gasteiger partial charge in [0.25, 0.3) is 16.0 Å². The van der Waals surface area contributed by atoms with Gasteiger partial charge in [-0.1, -0.05) is 54.6 Å². The Morgan fingerprint density at radius 1 is 1.00 bits per heavy atom. The Morgan fingerprint density at radius 2 is 1.67 bits per heavy atom. The Bertz CT molecular complexity index is 1400. The van der Waals surface area contributed by atoms with Crippen molar-refractivity contribution in [3.05, 3.63) is 89.5 Å². The molecule has 188 valence electrons. The predicted molar refractivity (Wildman–Crippen MR) is 139 cm³/mol. The summed E-state index contributed by atoms with van der Waals surface area (Å²) < 4.78 is 36.6. The molecule has 1 aliphatic rings. The zero-order valence-corrected chi connectivity index (χ0v) is 21.0. The second-order valence-corrected chi connectivity index (χ2v) is 10.2. The van der Waals surface area contributed by atoms with Crippen LogP contribution in [0.25, 0.3) is 11.1 Å². The molecule has 1 unspecified atom stereocenters. The monoisotopic (exact) mass is 507 g/mol. The van der Waals surface area contributed by atoms with Gasteiger partial charge in [0.1, 0.15) is 5.75 Å². The first-order valence-electron chi connectivity index (χ1n) is 11.7. The molecule has 0 saturated heterocycles. The van der Waals surface area contributed by atoms with Crippen molar-refractivity contribution in [1.29, 1.82) is 0 Å². The van der Waals surface area contributed by atoms with E-state index in [0.717, 1.165) is 22.4 Å². The predicted octanol–water partition coefficient (Wildman–Crippen LogP) is 3.60. The summed E-state index contributed by atoms with van der Waals surface area (Å²) in [5.74, 6) is 0.319. The van der Waals surface area contributed by atoms with E-state index in [1.165, 1.54) is 4.90 Å². The van der Waals surface area contributed by atoms with E-state index >= 15 is 0 Å². The maximum absolute atomic E-state index is 13.6. The number of aryl methyl sites for hydroxylation is 1. The number of hydrogen-bond acceptors (Lipinski definition) is 6. The molecular formula is C27H29N3O5S. The maximum atomic E-state index is 13.6. The number of rotatable bonds is 9. The lowest BCUT2D eigenvalue weighted by Crippen LogP contribution is -2.41. The summed E-state index contributed by atoms with van der Waals surface area (Å²) in [7, 11) is -2.40. The molecular weight excluding hydrogens is 478 g/mol. The van der Waals surface area contributed by atoms with Crippen molar-refractivity contribution in [1.82, 2.24) is 4.90 Å². The largest absolute Gasteiger partial charge is 0.494 e. The van der Waals surface area contributed by atoms with Gasteiger partial charge >= 0.3 is 0 Å². The molecule has 1 atom stereocenters. The smallest absolute Gasteiger partial charge is 0.266 e. The second-order valence-electron chi connectivity index (χ2n) is 8.67. The van der Waals surface area contributed by atoms with E-state index in [0.29, 0.717) is 30.6 Å². The first-order chi connectivity index (χ1) is 17.1. The number of guanidine groups is 1. The van der Waals surface area contributed by atoms with Crippen LogP contribution < -0.4 is 10.5 Å². The fourth-order valence-electron chi connectivity index (χ4n) is 4.41. The number of benzene rings is 3. The van der Waals surface area contributed by atoms with Gasteiger partial charge in [-0.2, -0.15) is 8.42 Å². The third-order valence-corrected chi connectivity index (χ3v) is 7.04. The first kappa shape index (κ1) is 25.4. The maximum Gasteiger partial charge on any atom is 0.266 e. The average Bonchev–Trinajstić information content (AvgIpc) is 3.09. The normalized spacial score (nSPS) is 17.8. The van der Waals surface area contributed by atoms with Gasteiger partial charge in [-0.3, -0.25) is 14.2 Å².